The van der Waals surface area contributed by atoms with Gasteiger partial charge < -0.3 is 19.5 Å². The SMILES string of the molecule is CCCNC(=O)N1CCCC(OCCc2noc(C)n2)C1. The Bertz CT molecular complexity index is 449. The molecule has 1 aromatic heterocycles. The van der Waals surface area contributed by atoms with Gasteiger partial charge in [-0.05, 0) is 19.3 Å². The van der Waals surface area contributed by atoms with E-state index in [1.54, 1.807) is 6.92 Å². The Morgan fingerprint density at radius 2 is 2.43 bits per heavy atom. The van der Waals surface area contributed by atoms with Crippen molar-refractivity contribution in [2.45, 2.75) is 45.6 Å². The number of piperidine rings is 1. The fourth-order valence-electron chi connectivity index (χ4n) is 2.36. The second-order valence-corrected chi connectivity index (χ2v) is 5.29. The van der Waals surface area contributed by atoms with Gasteiger partial charge in [0.2, 0.25) is 5.89 Å². The summed E-state index contributed by atoms with van der Waals surface area (Å²) in [5.41, 5.74) is 0. The first-order chi connectivity index (χ1) is 10.2. The minimum absolute atomic E-state index is 0.0129. The molecule has 2 heterocycles. The normalized spacial score (nSPS) is 18.8. The number of nitrogens with zero attached hydrogens (tertiary/aromatic N) is 3. The Morgan fingerprint density at radius 3 is 3.14 bits per heavy atom. The molecule has 7 nitrogen and oxygen atoms in total. The molecule has 0 radical (unpaired) electrons. The average Bonchev–Trinajstić information content (AvgIpc) is 2.90. The highest BCUT2D eigenvalue weighted by Gasteiger charge is 2.23. The number of carbonyl (C=O) groups excluding carboxylic acids is 1. The van der Waals surface area contributed by atoms with Gasteiger partial charge in [0.15, 0.2) is 5.82 Å². The molecule has 0 bridgehead atoms. The Morgan fingerprint density at radius 1 is 1.57 bits per heavy atom. The van der Waals surface area contributed by atoms with Gasteiger partial charge in [-0.2, -0.15) is 4.98 Å². The zero-order chi connectivity index (χ0) is 15.1. The summed E-state index contributed by atoms with van der Waals surface area (Å²) in [5, 5.41) is 6.74. The van der Waals surface area contributed by atoms with Crippen molar-refractivity contribution < 1.29 is 14.1 Å². The molecular formula is C14H24N4O3. The van der Waals surface area contributed by atoms with Crippen LogP contribution in [0.3, 0.4) is 0 Å². The van der Waals surface area contributed by atoms with Gasteiger partial charge >= 0.3 is 6.03 Å². The lowest BCUT2D eigenvalue weighted by molar-refractivity contribution is 0.0106. The molecule has 1 fully saturated rings. The van der Waals surface area contributed by atoms with E-state index >= 15 is 0 Å². The number of amides is 2. The van der Waals surface area contributed by atoms with E-state index < -0.39 is 0 Å². The topological polar surface area (TPSA) is 80.5 Å². The number of likely N-dealkylation sites (tertiary alicyclic amines) is 1. The van der Waals surface area contributed by atoms with Crippen LogP contribution in [0.25, 0.3) is 0 Å². The number of nitrogens with one attached hydrogen (secondary N) is 1. The third-order valence-electron chi connectivity index (χ3n) is 3.44. The molecule has 21 heavy (non-hydrogen) atoms. The van der Waals surface area contributed by atoms with Crippen LogP contribution in [-0.4, -0.2) is 53.4 Å². The lowest BCUT2D eigenvalue weighted by Gasteiger charge is -2.32. The molecule has 1 N–H and O–H groups in total. The van der Waals surface area contributed by atoms with Crippen LogP contribution in [-0.2, 0) is 11.2 Å². The summed E-state index contributed by atoms with van der Waals surface area (Å²) < 4.78 is 10.8. The molecule has 1 aliphatic rings. The van der Waals surface area contributed by atoms with Crippen molar-refractivity contribution >= 4 is 6.03 Å². The minimum atomic E-state index is 0.0129. The van der Waals surface area contributed by atoms with Crippen LogP contribution in [0.5, 0.6) is 0 Å². The molecule has 1 aromatic rings. The number of urea groups is 1. The number of rotatable bonds is 6. The lowest BCUT2D eigenvalue weighted by atomic mass is 10.1. The summed E-state index contributed by atoms with van der Waals surface area (Å²) in [6, 6.07) is 0.0129. The van der Waals surface area contributed by atoms with Crippen LogP contribution in [0.2, 0.25) is 0 Å². The van der Waals surface area contributed by atoms with E-state index in [-0.39, 0.29) is 12.1 Å². The molecule has 0 aromatic carbocycles. The van der Waals surface area contributed by atoms with Gasteiger partial charge in [0.05, 0.1) is 12.7 Å². The summed E-state index contributed by atoms with van der Waals surface area (Å²) >= 11 is 0. The quantitative estimate of drug-likeness (QED) is 0.861. The highest BCUT2D eigenvalue weighted by molar-refractivity contribution is 5.74. The van der Waals surface area contributed by atoms with E-state index in [1.165, 1.54) is 0 Å². The second-order valence-electron chi connectivity index (χ2n) is 5.29. The number of hydrogen-bond donors (Lipinski definition) is 1. The van der Waals surface area contributed by atoms with E-state index in [9.17, 15) is 4.79 Å². The largest absolute Gasteiger partial charge is 0.376 e. The third kappa shape index (κ3) is 5.00. The van der Waals surface area contributed by atoms with E-state index in [0.29, 0.717) is 31.3 Å². The Kier molecular flexibility index (Phi) is 5.98. The Balaban J connectivity index is 1.69. The molecule has 118 valence electrons. The van der Waals surface area contributed by atoms with E-state index in [0.717, 1.165) is 32.4 Å². The fraction of sp³-hybridized carbons (Fsp3) is 0.786. The molecule has 1 aliphatic heterocycles. The van der Waals surface area contributed by atoms with Gasteiger partial charge in [-0.25, -0.2) is 4.79 Å². The van der Waals surface area contributed by atoms with E-state index in [1.807, 2.05) is 11.8 Å². The predicted molar refractivity (Wildman–Crippen MR) is 77.0 cm³/mol. The van der Waals surface area contributed by atoms with Gasteiger partial charge in [0.1, 0.15) is 0 Å². The smallest absolute Gasteiger partial charge is 0.317 e. The molecule has 1 unspecified atom stereocenters. The van der Waals surface area contributed by atoms with E-state index in [2.05, 4.69) is 15.5 Å². The molecule has 0 spiro atoms. The van der Waals surface area contributed by atoms with Gasteiger partial charge in [-0.15, -0.1) is 0 Å². The predicted octanol–water partition coefficient (Wildman–Crippen LogP) is 1.52. The summed E-state index contributed by atoms with van der Waals surface area (Å²) in [6.07, 6.45) is 3.65. The summed E-state index contributed by atoms with van der Waals surface area (Å²) in [6.45, 7) is 6.54. The average molecular weight is 296 g/mol. The van der Waals surface area contributed by atoms with Crippen molar-refractivity contribution in [2.24, 2.45) is 0 Å². The van der Waals surface area contributed by atoms with Gasteiger partial charge in [0, 0.05) is 33.0 Å². The molecule has 2 rings (SSSR count). The molecule has 0 saturated carbocycles. The third-order valence-corrected chi connectivity index (χ3v) is 3.44. The van der Waals surface area contributed by atoms with E-state index in [4.69, 9.17) is 9.26 Å². The van der Waals surface area contributed by atoms with Gasteiger partial charge in [0.25, 0.3) is 0 Å². The standard InChI is InChI=1S/C14H24N4O3/c1-3-7-15-14(19)18-8-4-5-12(10-18)20-9-6-13-16-11(2)21-17-13/h12H,3-10H2,1-2H3,(H,15,19). The molecule has 2 amide bonds. The van der Waals surface area contributed by atoms with Crippen molar-refractivity contribution in [3.63, 3.8) is 0 Å². The molecule has 0 aliphatic carbocycles. The van der Waals surface area contributed by atoms with Crippen LogP contribution >= 0.6 is 0 Å². The van der Waals surface area contributed by atoms with Crippen LogP contribution in [0.15, 0.2) is 4.52 Å². The van der Waals surface area contributed by atoms with Gasteiger partial charge in [-0.3, -0.25) is 0 Å². The highest BCUT2D eigenvalue weighted by Crippen LogP contribution is 2.13. The highest BCUT2D eigenvalue weighted by atomic mass is 16.5. The summed E-state index contributed by atoms with van der Waals surface area (Å²) in [5.74, 6) is 1.24. The summed E-state index contributed by atoms with van der Waals surface area (Å²) in [7, 11) is 0. The van der Waals surface area contributed by atoms with Crippen molar-refractivity contribution in [3.8, 4) is 0 Å². The van der Waals surface area contributed by atoms with Crippen LogP contribution in [0.4, 0.5) is 4.79 Å². The maximum absolute atomic E-state index is 11.9. The number of aromatic nitrogens is 2. The molecule has 1 atom stereocenters. The number of carbonyl (C=O) groups is 1. The molecule has 1 saturated heterocycles. The van der Waals surface area contributed by atoms with Crippen LogP contribution in [0, 0.1) is 6.92 Å². The minimum Gasteiger partial charge on any atom is -0.376 e. The maximum Gasteiger partial charge on any atom is 0.317 e. The first-order valence-electron chi connectivity index (χ1n) is 7.62. The second kappa shape index (κ2) is 7.97. The summed E-state index contributed by atoms with van der Waals surface area (Å²) in [4.78, 5) is 17.9. The number of ether oxygens (including phenoxy) is 1. The lowest BCUT2D eigenvalue weighted by Crippen LogP contribution is -2.48. The first-order valence-corrected chi connectivity index (χ1v) is 7.62. The monoisotopic (exact) mass is 296 g/mol. The Labute approximate surface area is 125 Å². The molecular weight excluding hydrogens is 272 g/mol. The number of hydrogen-bond acceptors (Lipinski definition) is 5. The van der Waals surface area contributed by atoms with Crippen molar-refractivity contribution in [1.82, 2.24) is 20.4 Å². The maximum atomic E-state index is 11.9. The fourth-order valence-corrected chi connectivity index (χ4v) is 2.36. The van der Waals surface area contributed by atoms with Gasteiger partial charge in [-0.1, -0.05) is 12.1 Å². The van der Waals surface area contributed by atoms with Crippen molar-refractivity contribution in [3.05, 3.63) is 11.7 Å². The first kappa shape index (κ1) is 15.8. The van der Waals surface area contributed by atoms with Crippen LogP contribution in [0.1, 0.15) is 37.9 Å². The number of aryl methyl sites for hydroxylation is 1. The molecule has 7 heteroatoms. The van der Waals surface area contributed by atoms with Crippen molar-refractivity contribution in [2.75, 3.05) is 26.2 Å². The zero-order valence-electron chi connectivity index (χ0n) is 12.8. The van der Waals surface area contributed by atoms with Crippen LogP contribution < -0.4 is 5.32 Å². The Hall–Kier alpha value is -1.63. The zero-order valence-corrected chi connectivity index (χ0v) is 12.8. The van der Waals surface area contributed by atoms with Crippen molar-refractivity contribution in [1.29, 1.82) is 0 Å².